The molecule has 3 aromatic rings. The highest BCUT2D eigenvalue weighted by atomic mass is 16.6. The summed E-state index contributed by atoms with van der Waals surface area (Å²) in [6.45, 7) is 7.45. The van der Waals surface area contributed by atoms with Crippen molar-refractivity contribution in [1.82, 2.24) is 0 Å². The van der Waals surface area contributed by atoms with Crippen molar-refractivity contribution in [1.29, 1.82) is 0 Å². The fourth-order valence-electron chi connectivity index (χ4n) is 5.83. The second kappa shape index (κ2) is 13.6. The predicted octanol–water partition coefficient (Wildman–Crippen LogP) is 5.43. The SMILES string of the molecule is CCOC(=O)C1(C(=O)OCC)Cc2ccc([C@H]3C[C@H](OC(=O)c4ccc(C)cc4)[C@@H](COC(=O)c4ccc(C)cc4)O3)cc2C1. The number of hydrogen-bond donors (Lipinski definition) is 0. The number of fused-ring (bicyclic) bond motifs is 1. The number of benzene rings is 3. The number of carbonyl (C=O) groups is 4. The van der Waals surface area contributed by atoms with Gasteiger partial charge >= 0.3 is 23.9 Å². The van der Waals surface area contributed by atoms with Crippen LogP contribution in [-0.4, -0.2) is 55.9 Å². The van der Waals surface area contributed by atoms with Gasteiger partial charge in [0.2, 0.25) is 0 Å². The van der Waals surface area contributed by atoms with Crippen molar-refractivity contribution in [2.45, 2.75) is 65.3 Å². The molecule has 0 spiro atoms. The van der Waals surface area contributed by atoms with Gasteiger partial charge in [-0.15, -0.1) is 0 Å². The van der Waals surface area contributed by atoms with E-state index in [1.807, 2.05) is 56.3 Å². The normalized spacial score (nSPS) is 19.8. The van der Waals surface area contributed by atoms with Crippen molar-refractivity contribution in [3.05, 3.63) is 106 Å². The van der Waals surface area contributed by atoms with Crippen LogP contribution >= 0.6 is 0 Å². The van der Waals surface area contributed by atoms with E-state index in [4.69, 9.17) is 23.7 Å². The lowest BCUT2D eigenvalue weighted by molar-refractivity contribution is -0.171. The molecule has 1 heterocycles. The van der Waals surface area contributed by atoms with Crippen molar-refractivity contribution in [2.24, 2.45) is 5.41 Å². The van der Waals surface area contributed by atoms with E-state index in [1.54, 1.807) is 38.1 Å². The summed E-state index contributed by atoms with van der Waals surface area (Å²) in [5.74, 6) is -2.20. The van der Waals surface area contributed by atoms with Crippen LogP contribution in [0.3, 0.4) is 0 Å². The van der Waals surface area contributed by atoms with Gasteiger partial charge in [-0.1, -0.05) is 53.6 Å². The summed E-state index contributed by atoms with van der Waals surface area (Å²) in [7, 11) is 0. The second-order valence-corrected chi connectivity index (χ2v) is 11.6. The Balaban J connectivity index is 1.35. The number of rotatable bonds is 10. The first-order valence-corrected chi connectivity index (χ1v) is 15.3. The van der Waals surface area contributed by atoms with Crippen molar-refractivity contribution in [3.63, 3.8) is 0 Å². The minimum absolute atomic E-state index is 0.116. The predicted molar refractivity (Wildman–Crippen MR) is 164 cm³/mol. The highest BCUT2D eigenvalue weighted by Gasteiger charge is 2.53. The van der Waals surface area contributed by atoms with Gasteiger partial charge in [0.25, 0.3) is 0 Å². The Kier molecular flexibility index (Phi) is 9.68. The summed E-state index contributed by atoms with van der Waals surface area (Å²) in [6.07, 6.45) is -1.26. The molecule has 0 aromatic heterocycles. The van der Waals surface area contributed by atoms with Gasteiger partial charge in [-0.3, -0.25) is 9.59 Å². The van der Waals surface area contributed by atoms with Gasteiger partial charge in [0, 0.05) is 6.42 Å². The van der Waals surface area contributed by atoms with E-state index in [2.05, 4.69) is 0 Å². The zero-order chi connectivity index (χ0) is 32.1. The largest absolute Gasteiger partial charge is 0.465 e. The van der Waals surface area contributed by atoms with Crippen LogP contribution in [0.2, 0.25) is 0 Å². The van der Waals surface area contributed by atoms with Gasteiger partial charge in [0.1, 0.15) is 18.8 Å². The quantitative estimate of drug-likeness (QED) is 0.168. The lowest BCUT2D eigenvalue weighted by atomic mass is 9.84. The Morgan fingerprint density at radius 1 is 0.733 bits per heavy atom. The molecular weight excluding hydrogens is 576 g/mol. The zero-order valence-electron chi connectivity index (χ0n) is 26.0. The van der Waals surface area contributed by atoms with Gasteiger partial charge in [0.15, 0.2) is 5.41 Å². The Morgan fingerprint density at radius 3 is 1.87 bits per heavy atom. The molecule has 0 radical (unpaired) electrons. The van der Waals surface area contributed by atoms with Gasteiger partial charge in [-0.05, 0) is 81.5 Å². The Bertz CT molecular complexity index is 1540. The molecule has 3 aromatic carbocycles. The number of esters is 4. The molecule has 45 heavy (non-hydrogen) atoms. The molecule has 5 rings (SSSR count). The van der Waals surface area contributed by atoms with Gasteiger partial charge in [-0.25, -0.2) is 9.59 Å². The zero-order valence-corrected chi connectivity index (χ0v) is 26.0. The monoisotopic (exact) mass is 614 g/mol. The number of aryl methyl sites for hydroxylation is 2. The third kappa shape index (κ3) is 6.93. The minimum Gasteiger partial charge on any atom is -0.465 e. The lowest BCUT2D eigenvalue weighted by Gasteiger charge is -2.24. The molecule has 0 saturated carbocycles. The van der Waals surface area contributed by atoms with Crippen molar-refractivity contribution in [3.8, 4) is 0 Å². The summed E-state index contributed by atoms with van der Waals surface area (Å²) >= 11 is 0. The average molecular weight is 615 g/mol. The third-order valence-corrected chi connectivity index (χ3v) is 8.33. The maximum absolute atomic E-state index is 13.1. The summed E-state index contributed by atoms with van der Waals surface area (Å²) < 4.78 is 28.5. The molecule has 9 nitrogen and oxygen atoms in total. The van der Waals surface area contributed by atoms with E-state index in [1.165, 1.54) is 0 Å². The maximum Gasteiger partial charge on any atom is 0.338 e. The van der Waals surface area contributed by atoms with Crippen LogP contribution in [0.5, 0.6) is 0 Å². The van der Waals surface area contributed by atoms with Crippen LogP contribution in [0.25, 0.3) is 0 Å². The average Bonchev–Trinajstić information content (AvgIpc) is 3.62. The number of ether oxygens (including phenoxy) is 5. The number of carbonyl (C=O) groups excluding carboxylic acids is 4. The number of hydrogen-bond acceptors (Lipinski definition) is 9. The van der Waals surface area contributed by atoms with E-state index < -0.39 is 47.6 Å². The Morgan fingerprint density at radius 2 is 1.29 bits per heavy atom. The summed E-state index contributed by atoms with van der Waals surface area (Å²) in [6, 6.07) is 19.8. The molecule has 9 heteroatoms. The van der Waals surface area contributed by atoms with Crippen molar-refractivity contribution < 1.29 is 42.9 Å². The first kappa shape index (κ1) is 31.9. The second-order valence-electron chi connectivity index (χ2n) is 11.6. The van der Waals surface area contributed by atoms with E-state index in [0.29, 0.717) is 17.5 Å². The van der Waals surface area contributed by atoms with Crippen LogP contribution in [-0.2, 0) is 46.1 Å². The topological polar surface area (TPSA) is 114 Å². The van der Waals surface area contributed by atoms with E-state index >= 15 is 0 Å². The van der Waals surface area contributed by atoms with Crippen molar-refractivity contribution >= 4 is 23.9 Å². The van der Waals surface area contributed by atoms with E-state index in [-0.39, 0.29) is 32.7 Å². The van der Waals surface area contributed by atoms with Crippen LogP contribution in [0, 0.1) is 19.3 Å². The van der Waals surface area contributed by atoms with Gasteiger partial charge in [0.05, 0.1) is 30.4 Å². The fraction of sp³-hybridized carbons (Fsp3) is 0.389. The molecule has 2 aliphatic rings. The molecule has 1 saturated heterocycles. The lowest BCUT2D eigenvalue weighted by Crippen LogP contribution is -2.43. The molecule has 236 valence electrons. The Hall–Kier alpha value is -4.50. The molecule has 1 aliphatic heterocycles. The standard InChI is InChI=1S/C36H38O9/c1-5-41-34(39)36(35(40)42-6-2)19-27-16-15-26(17-28(27)20-36)29-18-30(45-33(38)25-13-9-23(4)10-14-25)31(44-29)21-43-32(37)24-11-7-22(3)8-12-24/h7-17,29-31H,5-6,18-21H2,1-4H3/t29-,30+,31-/m1/s1. The highest BCUT2D eigenvalue weighted by Crippen LogP contribution is 2.42. The van der Waals surface area contributed by atoms with Crippen LogP contribution in [0.15, 0.2) is 66.7 Å². The van der Waals surface area contributed by atoms with Gasteiger partial charge < -0.3 is 23.7 Å². The van der Waals surface area contributed by atoms with Gasteiger partial charge in [-0.2, -0.15) is 0 Å². The molecule has 0 amide bonds. The molecule has 0 N–H and O–H groups in total. The first-order chi connectivity index (χ1) is 21.6. The van der Waals surface area contributed by atoms with Crippen LogP contribution < -0.4 is 0 Å². The fourth-order valence-corrected chi connectivity index (χ4v) is 5.83. The molecular formula is C36H38O9. The molecule has 0 unspecified atom stereocenters. The molecule has 3 atom stereocenters. The van der Waals surface area contributed by atoms with E-state index in [0.717, 1.165) is 27.8 Å². The smallest absolute Gasteiger partial charge is 0.338 e. The maximum atomic E-state index is 13.1. The third-order valence-electron chi connectivity index (χ3n) is 8.33. The molecule has 0 bridgehead atoms. The summed E-state index contributed by atoms with van der Waals surface area (Å²) in [5.41, 5.74) is 3.88. The van der Waals surface area contributed by atoms with E-state index in [9.17, 15) is 19.2 Å². The molecule has 1 fully saturated rings. The van der Waals surface area contributed by atoms with Crippen LogP contribution in [0.1, 0.15) is 74.9 Å². The summed E-state index contributed by atoms with van der Waals surface area (Å²) in [4.78, 5) is 51.9. The highest BCUT2D eigenvalue weighted by molar-refractivity contribution is 6.01. The first-order valence-electron chi connectivity index (χ1n) is 15.3. The van der Waals surface area contributed by atoms with Crippen molar-refractivity contribution in [2.75, 3.05) is 19.8 Å². The van der Waals surface area contributed by atoms with Crippen LogP contribution in [0.4, 0.5) is 0 Å². The molecule has 1 aliphatic carbocycles. The Labute approximate surface area is 262 Å². The summed E-state index contributed by atoms with van der Waals surface area (Å²) in [5, 5.41) is 0. The minimum atomic E-state index is -1.44.